The van der Waals surface area contributed by atoms with Crippen LogP contribution in [0.1, 0.15) is 42.5 Å². The van der Waals surface area contributed by atoms with Crippen molar-refractivity contribution in [3.8, 4) is 11.6 Å². The molecule has 4 rings (SSSR count). The molecule has 0 aliphatic heterocycles. The highest BCUT2D eigenvalue weighted by Crippen LogP contribution is 2.31. The van der Waals surface area contributed by atoms with Crippen LogP contribution in [-0.4, -0.2) is 16.8 Å². The van der Waals surface area contributed by atoms with Crippen LogP contribution in [0.4, 0.5) is 13.2 Å². The van der Waals surface area contributed by atoms with E-state index in [9.17, 15) is 22.8 Å². The molecular weight excluding hydrogens is 431 g/mol. The number of hydrogen-bond donors (Lipinski definition) is 2. The highest BCUT2D eigenvalue weighted by atomic mass is 32.1. The third kappa shape index (κ3) is 4.85. The lowest BCUT2D eigenvalue weighted by molar-refractivity contribution is -0.137. The predicted octanol–water partition coefficient (Wildman–Crippen LogP) is 4.52. The highest BCUT2D eigenvalue weighted by Gasteiger charge is 2.30. The number of fused-ring (bicyclic) bond motifs is 1. The summed E-state index contributed by atoms with van der Waals surface area (Å²) in [5.41, 5.74) is 5.34. The first-order valence-electron chi connectivity index (χ1n) is 9.33. The van der Waals surface area contributed by atoms with Crippen LogP contribution < -0.4 is 15.6 Å². The van der Waals surface area contributed by atoms with Crippen molar-refractivity contribution < 1.29 is 27.5 Å². The minimum Gasteiger partial charge on any atom is -0.439 e. The van der Waals surface area contributed by atoms with Gasteiger partial charge in [0.05, 0.1) is 10.4 Å². The summed E-state index contributed by atoms with van der Waals surface area (Å²) in [4.78, 5) is 29.9. The Morgan fingerprint density at radius 1 is 1.00 bits per heavy atom. The van der Waals surface area contributed by atoms with Gasteiger partial charge in [-0.2, -0.15) is 13.2 Å². The molecule has 10 heteroatoms. The van der Waals surface area contributed by atoms with Crippen LogP contribution in [-0.2, 0) is 19.0 Å². The minimum absolute atomic E-state index is 0.0136. The van der Waals surface area contributed by atoms with Gasteiger partial charge in [-0.05, 0) is 61.2 Å². The van der Waals surface area contributed by atoms with Crippen molar-refractivity contribution in [2.24, 2.45) is 0 Å². The van der Waals surface area contributed by atoms with Crippen LogP contribution in [0.5, 0.6) is 11.6 Å². The summed E-state index contributed by atoms with van der Waals surface area (Å²) in [7, 11) is 0. The van der Waals surface area contributed by atoms with Crippen LogP contribution in [0.2, 0.25) is 0 Å². The van der Waals surface area contributed by atoms with Gasteiger partial charge in [-0.1, -0.05) is 0 Å². The Morgan fingerprint density at radius 2 is 1.74 bits per heavy atom. The molecule has 2 N–H and O–H groups in total. The molecule has 31 heavy (non-hydrogen) atoms. The van der Waals surface area contributed by atoms with E-state index in [0.717, 1.165) is 31.4 Å². The molecule has 0 bridgehead atoms. The fraction of sp³-hybridized carbons (Fsp3) is 0.190. The van der Waals surface area contributed by atoms with Gasteiger partial charge in [-0.3, -0.25) is 20.4 Å². The summed E-state index contributed by atoms with van der Waals surface area (Å²) in [5.74, 6) is -0.612. The number of hydrazine groups is 1. The number of aryl methyl sites for hydroxylation is 2. The normalized spacial score (nSPS) is 12.9. The van der Waals surface area contributed by atoms with Crippen molar-refractivity contribution in [3.05, 3.63) is 75.1 Å². The molecule has 2 aromatic heterocycles. The smallest absolute Gasteiger partial charge is 0.417 e. The van der Waals surface area contributed by atoms with E-state index in [0.29, 0.717) is 16.8 Å². The second-order valence-electron chi connectivity index (χ2n) is 6.83. The molecule has 0 radical (unpaired) electrons. The van der Waals surface area contributed by atoms with E-state index >= 15 is 0 Å². The zero-order valence-electron chi connectivity index (χ0n) is 16.0. The first kappa shape index (κ1) is 20.9. The standard InChI is InChI=1S/C21H16F3N3O3S/c22-21(23,24)14-6-9-18(25-11-14)30-15-7-4-12(5-8-15)19(28)26-27-20(29)17-10-13-2-1-3-16(13)31-17/h4-11H,1-3H2,(H,26,28)(H,27,29). The number of ether oxygens (including phenoxy) is 1. The maximum atomic E-state index is 12.6. The Bertz CT molecular complexity index is 1090. The van der Waals surface area contributed by atoms with E-state index in [1.54, 1.807) is 0 Å². The molecule has 2 amide bonds. The van der Waals surface area contributed by atoms with Gasteiger partial charge in [0.2, 0.25) is 5.88 Å². The number of pyridine rings is 1. The average Bonchev–Trinajstić information content (AvgIpc) is 3.34. The number of carbonyl (C=O) groups is 2. The fourth-order valence-corrected chi connectivity index (χ4v) is 4.24. The monoisotopic (exact) mass is 447 g/mol. The van der Waals surface area contributed by atoms with Crippen molar-refractivity contribution in [2.45, 2.75) is 25.4 Å². The molecule has 1 aliphatic rings. The fourth-order valence-electron chi connectivity index (χ4n) is 3.09. The number of alkyl halides is 3. The second-order valence-corrected chi connectivity index (χ2v) is 7.97. The van der Waals surface area contributed by atoms with Crippen LogP contribution in [0.15, 0.2) is 48.7 Å². The molecule has 1 aliphatic carbocycles. The van der Waals surface area contributed by atoms with Gasteiger partial charge in [0, 0.05) is 22.7 Å². The Kier molecular flexibility index (Phi) is 5.64. The number of thiophene rings is 1. The zero-order valence-corrected chi connectivity index (χ0v) is 16.8. The van der Waals surface area contributed by atoms with Crippen molar-refractivity contribution in [1.29, 1.82) is 0 Å². The highest BCUT2D eigenvalue weighted by molar-refractivity contribution is 7.14. The topological polar surface area (TPSA) is 80.3 Å². The molecule has 0 atom stereocenters. The lowest BCUT2D eigenvalue weighted by atomic mass is 10.2. The van der Waals surface area contributed by atoms with Crippen molar-refractivity contribution in [1.82, 2.24) is 15.8 Å². The molecule has 3 aromatic rings. The van der Waals surface area contributed by atoms with Crippen LogP contribution in [0.3, 0.4) is 0 Å². The molecule has 0 saturated heterocycles. The van der Waals surface area contributed by atoms with Crippen molar-refractivity contribution in [2.75, 3.05) is 0 Å². The predicted molar refractivity (Wildman–Crippen MR) is 107 cm³/mol. The van der Waals surface area contributed by atoms with E-state index in [1.165, 1.54) is 46.0 Å². The van der Waals surface area contributed by atoms with Gasteiger partial charge in [-0.15, -0.1) is 11.3 Å². The van der Waals surface area contributed by atoms with E-state index in [-0.39, 0.29) is 17.4 Å². The van der Waals surface area contributed by atoms with Crippen LogP contribution in [0, 0.1) is 0 Å². The van der Waals surface area contributed by atoms with Gasteiger partial charge in [0.25, 0.3) is 11.8 Å². The first-order valence-corrected chi connectivity index (χ1v) is 10.1. The molecule has 0 unspecified atom stereocenters. The zero-order chi connectivity index (χ0) is 22.0. The quantitative estimate of drug-likeness (QED) is 0.577. The largest absolute Gasteiger partial charge is 0.439 e. The van der Waals surface area contributed by atoms with Crippen molar-refractivity contribution >= 4 is 23.2 Å². The summed E-state index contributed by atoms with van der Waals surface area (Å²) >= 11 is 1.43. The van der Waals surface area contributed by atoms with Crippen LogP contribution in [0.25, 0.3) is 0 Å². The third-order valence-electron chi connectivity index (χ3n) is 4.66. The number of nitrogens with zero attached hydrogens (tertiary/aromatic N) is 1. The van der Waals surface area contributed by atoms with Crippen LogP contribution >= 0.6 is 11.3 Å². The number of aromatic nitrogens is 1. The number of carbonyl (C=O) groups excluding carboxylic acids is 2. The van der Waals surface area contributed by atoms with Gasteiger partial charge in [0.15, 0.2) is 0 Å². The third-order valence-corrected chi connectivity index (χ3v) is 5.90. The summed E-state index contributed by atoms with van der Waals surface area (Å²) in [6.07, 6.45) is -0.728. The average molecular weight is 447 g/mol. The number of amides is 2. The Balaban J connectivity index is 1.32. The summed E-state index contributed by atoms with van der Waals surface area (Å²) < 4.78 is 43.1. The minimum atomic E-state index is -4.47. The second kappa shape index (κ2) is 8.38. The molecule has 160 valence electrons. The first-order chi connectivity index (χ1) is 14.8. The molecule has 0 spiro atoms. The van der Waals surface area contributed by atoms with E-state index in [4.69, 9.17) is 4.74 Å². The van der Waals surface area contributed by atoms with E-state index in [1.807, 2.05) is 6.07 Å². The SMILES string of the molecule is O=C(NNC(=O)c1cc2c(s1)CCC2)c1ccc(Oc2ccc(C(F)(F)F)cn2)cc1. The maximum Gasteiger partial charge on any atom is 0.417 e. The van der Waals surface area contributed by atoms with Gasteiger partial charge < -0.3 is 4.74 Å². The summed E-state index contributed by atoms with van der Waals surface area (Å²) in [6, 6.07) is 9.70. The Hall–Kier alpha value is -3.40. The molecule has 2 heterocycles. The van der Waals surface area contributed by atoms with E-state index in [2.05, 4.69) is 15.8 Å². The number of benzene rings is 1. The number of halogens is 3. The molecule has 1 aromatic carbocycles. The van der Waals surface area contributed by atoms with Crippen molar-refractivity contribution in [3.63, 3.8) is 0 Å². The van der Waals surface area contributed by atoms with Gasteiger partial charge in [0.1, 0.15) is 5.75 Å². The lowest BCUT2D eigenvalue weighted by Gasteiger charge is -2.09. The number of hydrogen-bond acceptors (Lipinski definition) is 5. The number of nitrogens with one attached hydrogen (secondary N) is 2. The lowest BCUT2D eigenvalue weighted by Crippen LogP contribution is -2.41. The van der Waals surface area contributed by atoms with Gasteiger partial charge >= 0.3 is 6.18 Å². The number of rotatable bonds is 4. The molecule has 6 nitrogen and oxygen atoms in total. The molecular formula is C21H16F3N3O3S. The Morgan fingerprint density at radius 3 is 2.39 bits per heavy atom. The Labute approximate surface area is 179 Å². The van der Waals surface area contributed by atoms with E-state index < -0.39 is 17.6 Å². The summed E-state index contributed by atoms with van der Waals surface area (Å²) in [6.45, 7) is 0. The summed E-state index contributed by atoms with van der Waals surface area (Å²) in [5, 5.41) is 0. The molecule has 0 saturated carbocycles. The molecule has 0 fully saturated rings. The van der Waals surface area contributed by atoms with Gasteiger partial charge in [-0.25, -0.2) is 4.98 Å². The maximum absolute atomic E-state index is 12.6.